The lowest BCUT2D eigenvalue weighted by atomic mass is 10.2. The molecular formula is C10H17N3O3S. The minimum atomic E-state index is -3.79. The number of benzene rings is 1. The number of nitrogen functional groups attached to an aromatic ring is 1. The van der Waals surface area contributed by atoms with E-state index in [1.807, 2.05) is 4.90 Å². The van der Waals surface area contributed by atoms with Crippen LogP contribution in [0.1, 0.15) is 0 Å². The zero-order valence-corrected chi connectivity index (χ0v) is 10.7. The number of sulfonamides is 1. The normalized spacial score (nSPS) is 11.5. The van der Waals surface area contributed by atoms with Gasteiger partial charge in [-0.1, -0.05) is 6.07 Å². The molecule has 0 spiro atoms. The molecule has 17 heavy (non-hydrogen) atoms. The van der Waals surface area contributed by atoms with Gasteiger partial charge in [0.05, 0.1) is 18.0 Å². The summed E-state index contributed by atoms with van der Waals surface area (Å²) in [6.45, 7) is 1.13. The Kier molecular flexibility index (Phi) is 4.33. The molecule has 0 saturated carbocycles. The largest absolute Gasteiger partial charge is 0.396 e. The fraction of sp³-hybridized carbons (Fsp3) is 0.400. The minimum Gasteiger partial charge on any atom is -0.396 e. The third-order valence-electron chi connectivity index (χ3n) is 2.39. The molecule has 0 heterocycles. The first-order chi connectivity index (χ1) is 7.88. The maximum absolute atomic E-state index is 11.3. The lowest BCUT2D eigenvalue weighted by Gasteiger charge is -2.21. The smallest absolute Gasteiger partial charge is 0.240 e. The summed E-state index contributed by atoms with van der Waals surface area (Å²) in [5.41, 5.74) is 6.58. The zero-order chi connectivity index (χ0) is 13.1. The van der Waals surface area contributed by atoms with Crippen molar-refractivity contribution in [3.8, 4) is 0 Å². The van der Waals surface area contributed by atoms with Crippen LogP contribution in [0.2, 0.25) is 0 Å². The van der Waals surface area contributed by atoms with Crippen molar-refractivity contribution in [3.05, 3.63) is 18.2 Å². The van der Waals surface area contributed by atoms with E-state index in [1.54, 1.807) is 26.3 Å². The Bertz CT molecular complexity index is 488. The molecule has 1 aromatic rings. The fourth-order valence-electron chi connectivity index (χ4n) is 1.46. The van der Waals surface area contributed by atoms with Gasteiger partial charge in [0.1, 0.15) is 4.90 Å². The third kappa shape index (κ3) is 3.32. The van der Waals surface area contributed by atoms with E-state index in [-0.39, 0.29) is 10.6 Å². The number of nitrogens with two attached hydrogens (primary N) is 2. The molecule has 0 aliphatic carbocycles. The Morgan fingerprint density at radius 3 is 2.59 bits per heavy atom. The lowest BCUT2D eigenvalue weighted by molar-refractivity contribution is 0.206. The highest BCUT2D eigenvalue weighted by molar-refractivity contribution is 7.89. The Balaban J connectivity index is 3.11. The van der Waals surface area contributed by atoms with Crippen molar-refractivity contribution in [1.82, 2.24) is 0 Å². The fourth-order valence-corrected chi connectivity index (χ4v) is 2.14. The molecule has 0 saturated heterocycles. The molecule has 0 fully saturated rings. The highest BCUT2D eigenvalue weighted by atomic mass is 32.2. The number of anilines is 2. The van der Waals surface area contributed by atoms with E-state index in [9.17, 15) is 8.42 Å². The number of para-hydroxylation sites is 1. The summed E-state index contributed by atoms with van der Waals surface area (Å²) < 4.78 is 27.5. The number of hydrogen-bond acceptors (Lipinski definition) is 5. The second kappa shape index (κ2) is 5.35. The molecule has 1 aromatic carbocycles. The molecule has 1 rings (SSSR count). The van der Waals surface area contributed by atoms with Crippen LogP contribution in [0.5, 0.6) is 0 Å². The number of nitrogens with zero attached hydrogens (tertiary/aromatic N) is 1. The van der Waals surface area contributed by atoms with Crippen molar-refractivity contribution >= 4 is 21.4 Å². The van der Waals surface area contributed by atoms with Gasteiger partial charge < -0.3 is 15.4 Å². The van der Waals surface area contributed by atoms with Gasteiger partial charge in [0.15, 0.2) is 0 Å². The number of ether oxygens (including phenoxy) is 1. The molecule has 6 nitrogen and oxygen atoms in total. The second-order valence-corrected chi connectivity index (χ2v) is 5.18. The SMILES string of the molecule is COCCN(C)c1cccc(S(N)(=O)=O)c1N. The molecule has 7 heteroatoms. The van der Waals surface area contributed by atoms with Crippen molar-refractivity contribution in [3.63, 3.8) is 0 Å². The Morgan fingerprint density at radius 2 is 2.06 bits per heavy atom. The monoisotopic (exact) mass is 259 g/mol. The summed E-state index contributed by atoms with van der Waals surface area (Å²) >= 11 is 0. The molecule has 0 aliphatic rings. The average Bonchev–Trinajstić information content (AvgIpc) is 2.24. The lowest BCUT2D eigenvalue weighted by Crippen LogP contribution is -2.24. The average molecular weight is 259 g/mol. The van der Waals surface area contributed by atoms with Crippen molar-refractivity contribution in [2.75, 3.05) is 37.9 Å². The number of primary sulfonamides is 1. The van der Waals surface area contributed by atoms with Gasteiger partial charge in [-0.3, -0.25) is 0 Å². The summed E-state index contributed by atoms with van der Waals surface area (Å²) in [6.07, 6.45) is 0. The quantitative estimate of drug-likeness (QED) is 0.725. The van der Waals surface area contributed by atoms with Crippen LogP contribution in [-0.4, -0.2) is 35.7 Å². The molecule has 96 valence electrons. The molecule has 0 radical (unpaired) electrons. The number of methoxy groups -OCH3 is 1. The Morgan fingerprint density at radius 1 is 1.41 bits per heavy atom. The van der Waals surface area contributed by atoms with Gasteiger partial charge in [-0.25, -0.2) is 13.6 Å². The first-order valence-corrected chi connectivity index (χ1v) is 6.54. The van der Waals surface area contributed by atoms with Crippen molar-refractivity contribution in [1.29, 1.82) is 0 Å². The van der Waals surface area contributed by atoms with Crippen LogP contribution in [0.25, 0.3) is 0 Å². The van der Waals surface area contributed by atoms with Gasteiger partial charge in [0.2, 0.25) is 10.0 Å². The van der Waals surface area contributed by atoms with E-state index in [2.05, 4.69) is 0 Å². The number of likely N-dealkylation sites (N-methyl/N-ethyl adjacent to an activating group) is 1. The van der Waals surface area contributed by atoms with Gasteiger partial charge in [0, 0.05) is 20.7 Å². The Hall–Kier alpha value is -1.31. The van der Waals surface area contributed by atoms with E-state index in [1.165, 1.54) is 6.07 Å². The van der Waals surface area contributed by atoms with E-state index in [0.29, 0.717) is 18.8 Å². The third-order valence-corrected chi connectivity index (χ3v) is 3.36. The zero-order valence-electron chi connectivity index (χ0n) is 9.88. The molecule has 0 amide bonds. The van der Waals surface area contributed by atoms with Crippen LogP contribution in [0.3, 0.4) is 0 Å². The second-order valence-electron chi connectivity index (χ2n) is 3.65. The highest BCUT2D eigenvalue weighted by Gasteiger charge is 2.16. The summed E-state index contributed by atoms with van der Waals surface area (Å²) in [6, 6.07) is 4.73. The standard InChI is InChI=1S/C10H17N3O3S/c1-13(6-7-16-2)8-4-3-5-9(10(8)11)17(12,14)15/h3-5H,6-7,11H2,1-2H3,(H2,12,14,15). The van der Waals surface area contributed by atoms with Crippen LogP contribution in [0.15, 0.2) is 23.1 Å². The van der Waals surface area contributed by atoms with E-state index in [4.69, 9.17) is 15.6 Å². The molecule has 0 unspecified atom stereocenters. The minimum absolute atomic E-state index is 0.0562. The summed E-state index contributed by atoms with van der Waals surface area (Å²) in [5.74, 6) is 0. The van der Waals surface area contributed by atoms with Crippen LogP contribution in [-0.2, 0) is 14.8 Å². The van der Waals surface area contributed by atoms with Crippen molar-refractivity contribution in [2.24, 2.45) is 5.14 Å². The molecule has 0 aromatic heterocycles. The van der Waals surface area contributed by atoms with Crippen molar-refractivity contribution in [2.45, 2.75) is 4.90 Å². The number of rotatable bonds is 5. The maximum atomic E-state index is 11.3. The topological polar surface area (TPSA) is 98.6 Å². The van der Waals surface area contributed by atoms with E-state index >= 15 is 0 Å². The van der Waals surface area contributed by atoms with Crippen molar-refractivity contribution < 1.29 is 13.2 Å². The summed E-state index contributed by atoms with van der Waals surface area (Å²) in [4.78, 5) is 1.76. The first kappa shape index (κ1) is 13.8. The molecule has 0 bridgehead atoms. The van der Waals surface area contributed by atoms with Crippen LogP contribution in [0, 0.1) is 0 Å². The highest BCUT2D eigenvalue weighted by Crippen LogP contribution is 2.28. The van der Waals surface area contributed by atoms with Gasteiger partial charge in [-0.05, 0) is 12.1 Å². The van der Waals surface area contributed by atoms with Gasteiger partial charge in [0.25, 0.3) is 0 Å². The predicted octanol–water partition coefficient (Wildman–Crippen LogP) is -0.00120. The van der Waals surface area contributed by atoms with Gasteiger partial charge in [-0.2, -0.15) is 0 Å². The molecule has 4 N–H and O–H groups in total. The summed E-state index contributed by atoms with van der Waals surface area (Å²) in [7, 11) is -0.395. The first-order valence-electron chi connectivity index (χ1n) is 4.99. The van der Waals surface area contributed by atoms with Gasteiger partial charge in [-0.15, -0.1) is 0 Å². The maximum Gasteiger partial charge on any atom is 0.240 e. The Labute approximate surface area is 101 Å². The van der Waals surface area contributed by atoms with Crippen LogP contribution < -0.4 is 15.8 Å². The predicted molar refractivity (Wildman–Crippen MR) is 67.4 cm³/mol. The summed E-state index contributed by atoms with van der Waals surface area (Å²) in [5, 5.41) is 5.08. The molecule has 0 atom stereocenters. The van der Waals surface area contributed by atoms with Crippen LogP contribution in [0.4, 0.5) is 11.4 Å². The van der Waals surface area contributed by atoms with E-state index in [0.717, 1.165) is 0 Å². The molecular weight excluding hydrogens is 242 g/mol. The number of hydrogen-bond donors (Lipinski definition) is 2. The van der Waals surface area contributed by atoms with Crippen LogP contribution >= 0.6 is 0 Å². The molecule has 0 aliphatic heterocycles. The van der Waals surface area contributed by atoms with E-state index < -0.39 is 10.0 Å². The van der Waals surface area contributed by atoms with Gasteiger partial charge >= 0.3 is 0 Å².